The molecule has 0 atom stereocenters. The highest BCUT2D eigenvalue weighted by Gasteiger charge is 2.30. The minimum Gasteiger partial charge on any atom is -0.474 e. The summed E-state index contributed by atoms with van der Waals surface area (Å²) in [4.78, 5) is 38.6. The molecule has 0 bridgehead atoms. The third-order valence-electron chi connectivity index (χ3n) is 7.28. The van der Waals surface area contributed by atoms with Crippen LogP contribution in [0.15, 0.2) is 75.6 Å². The van der Waals surface area contributed by atoms with Crippen molar-refractivity contribution < 1.29 is 14.2 Å². The van der Waals surface area contributed by atoms with Crippen molar-refractivity contribution in [1.82, 2.24) is 24.9 Å². The van der Waals surface area contributed by atoms with Crippen molar-refractivity contribution in [2.75, 3.05) is 19.8 Å². The van der Waals surface area contributed by atoms with Gasteiger partial charge in [-0.1, -0.05) is 18.2 Å². The smallest absolute Gasteiger partial charge is 0.236 e. The number of aliphatic imine (C=N–C) groups is 3. The second-order valence-electron chi connectivity index (χ2n) is 13.2. The van der Waals surface area contributed by atoms with Gasteiger partial charge in [0, 0.05) is 0 Å². The van der Waals surface area contributed by atoms with Gasteiger partial charge in [0.25, 0.3) is 0 Å². The maximum atomic E-state index is 5.87. The molecule has 7 rings (SSSR count). The molecule has 0 N–H and O–H groups in total. The molecule has 3 aliphatic heterocycles. The highest BCUT2D eigenvalue weighted by molar-refractivity contribution is 5.95. The average Bonchev–Trinajstić information content (AvgIpc) is 3.71. The van der Waals surface area contributed by atoms with Gasteiger partial charge in [-0.2, -0.15) is 0 Å². The standard InChI is InChI=1S/C34H34N8O3/c1-32(2)17-43-29(40-32)23-13-7-10-20(35-23)26-16-27(21-11-8-14-24(36-21)30-41-33(3,4)18-44-30)39-28(38-26)22-12-9-15-25(37-22)31-42-34(5,6)19-45-31/h7-16H,17-19H2,1-6H3. The lowest BCUT2D eigenvalue weighted by Crippen LogP contribution is -2.17. The predicted octanol–water partition coefficient (Wildman–Crippen LogP) is 5.33. The van der Waals surface area contributed by atoms with Gasteiger partial charge in [-0.05, 0) is 84.0 Å². The molecule has 0 fully saturated rings. The van der Waals surface area contributed by atoms with Crippen LogP contribution >= 0.6 is 0 Å². The molecule has 11 nitrogen and oxygen atoms in total. The number of rotatable bonds is 6. The molecule has 0 amide bonds. The number of hydrogen-bond donors (Lipinski definition) is 0. The number of ether oxygens (including phenoxy) is 3. The second kappa shape index (κ2) is 10.5. The molecule has 0 aliphatic carbocycles. The van der Waals surface area contributed by atoms with Gasteiger partial charge < -0.3 is 14.2 Å². The molecule has 11 heteroatoms. The predicted molar refractivity (Wildman–Crippen MR) is 171 cm³/mol. The molecular weight excluding hydrogens is 568 g/mol. The van der Waals surface area contributed by atoms with Crippen LogP contribution in [0.4, 0.5) is 0 Å². The van der Waals surface area contributed by atoms with E-state index in [1.807, 2.05) is 102 Å². The van der Waals surface area contributed by atoms with Crippen LogP contribution in [0.3, 0.4) is 0 Å². The van der Waals surface area contributed by atoms with Crippen LogP contribution < -0.4 is 0 Å². The maximum Gasteiger partial charge on any atom is 0.236 e. The van der Waals surface area contributed by atoms with Gasteiger partial charge in [0.1, 0.15) is 42.6 Å². The zero-order valence-electron chi connectivity index (χ0n) is 26.2. The van der Waals surface area contributed by atoms with Crippen LogP contribution in [0, 0.1) is 0 Å². The van der Waals surface area contributed by atoms with Crippen LogP contribution in [0.2, 0.25) is 0 Å². The van der Waals surface area contributed by atoms with Crippen molar-refractivity contribution in [2.45, 2.75) is 58.2 Å². The minimum absolute atomic E-state index is 0.305. The molecule has 0 saturated carbocycles. The number of aromatic nitrogens is 5. The van der Waals surface area contributed by atoms with Crippen LogP contribution in [-0.2, 0) is 14.2 Å². The molecule has 45 heavy (non-hydrogen) atoms. The fraction of sp³-hybridized carbons (Fsp3) is 0.353. The van der Waals surface area contributed by atoms with E-state index in [2.05, 4.69) is 0 Å². The van der Waals surface area contributed by atoms with Crippen molar-refractivity contribution in [1.29, 1.82) is 0 Å². The van der Waals surface area contributed by atoms with E-state index in [4.69, 9.17) is 54.1 Å². The molecule has 0 spiro atoms. The Hall–Kier alpha value is -5.06. The summed E-state index contributed by atoms with van der Waals surface area (Å²) in [6.07, 6.45) is 0. The van der Waals surface area contributed by atoms with E-state index in [-0.39, 0.29) is 16.6 Å². The molecule has 0 saturated heterocycles. The lowest BCUT2D eigenvalue weighted by molar-refractivity contribution is 0.279. The Bertz CT molecular complexity index is 1680. The first kappa shape index (κ1) is 28.7. The molecular formula is C34H34N8O3. The first-order chi connectivity index (χ1) is 21.4. The van der Waals surface area contributed by atoms with Crippen LogP contribution in [0.25, 0.3) is 34.3 Å². The summed E-state index contributed by atoms with van der Waals surface area (Å²) in [7, 11) is 0. The van der Waals surface area contributed by atoms with E-state index in [1.165, 1.54) is 0 Å². The number of hydrogen-bond acceptors (Lipinski definition) is 11. The van der Waals surface area contributed by atoms with Crippen molar-refractivity contribution in [3.05, 3.63) is 77.7 Å². The quantitative estimate of drug-likeness (QED) is 0.290. The van der Waals surface area contributed by atoms with Gasteiger partial charge in [0.15, 0.2) is 5.82 Å². The normalized spacial score (nSPS) is 19.2. The average molecular weight is 603 g/mol. The molecule has 0 unspecified atom stereocenters. The summed E-state index contributed by atoms with van der Waals surface area (Å²) in [6.45, 7) is 13.7. The van der Waals surface area contributed by atoms with E-state index in [1.54, 1.807) is 0 Å². The Kier molecular flexibility index (Phi) is 6.72. The van der Waals surface area contributed by atoms with Gasteiger partial charge in [-0.3, -0.25) is 0 Å². The van der Waals surface area contributed by atoms with E-state index in [0.29, 0.717) is 88.9 Å². The Balaban J connectivity index is 1.34. The monoisotopic (exact) mass is 602 g/mol. The van der Waals surface area contributed by atoms with Crippen molar-refractivity contribution in [3.8, 4) is 34.3 Å². The second-order valence-corrected chi connectivity index (χ2v) is 13.2. The van der Waals surface area contributed by atoms with Gasteiger partial charge in [0.05, 0.1) is 39.4 Å². The molecule has 4 aromatic heterocycles. The summed E-state index contributed by atoms with van der Waals surface area (Å²) in [5.74, 6) is 1.94. The Morgan fingerprint density at radius 1 is 0.422 bits per heavy atom. The van der Waals surface area contributed by atoms with Crippen molar-refractivity contribution in [2.24, 2.45) is 15.0 Å². The Labute approximate surface area is 261 Å². The topological polar surface area (TPSA) is 129 Å². The lowest BCUT2D eigenvalue weighted by atomic mass is 10.1. The minimum atomic E-state index is -0.310. The molecule has 4 aromatic rings. The zero-order chi connectivity index (χ0) is 31.4. The first-order valence-electron chi connectivity index (χ1n) is 14.9. The highest BCUT2D eigenvalue weighted by Crippen LogP contribution is 2.28. The maximum absolute atomic E-state index is 5.87. The fourth-order valence-corrected chi connectivity index (χ4v) is 5.04. The van der Waals surface area contributed by atoms with E-state index < -0.39 is 0 Å². The van der Waals surface area contributed by atoms with Crippen LogP contribution in [-0.4, -0.2) is 79.1 Å². The van der Waals surface area contributed by atoms with E-state index in [0.717, 1.165) is 0 Å². The molecule has 7 heterocycles. The summed E-state index contributed by atoms with van der Waals surface area (Å²) in [5.41, 5.74) is 4.00. The summed E-state index contributed by atoms with van der Waals surface area (Å²) >= 11 is 0. The van der Waals surface area contributed by atoms with Crippen LogP contribution in [0.5, 0.6) is 0 Å². The third-order valence-corrected chi connectivity index (χ3v) is 7.28. The molecule has 0 aromatic carbocycles. The van der Waals surface area contributed by atoms with Crippen molar-refractivity contribution >= 4 is 17.7 Å². The summed E-state index contributed by atoms with van der Waals surface area (Å²) in [5, 5.41) is 0. The lowest BCUT2D eigenvalue weighted by Gasteiger charge is -2.10. The number of pyridine rings is 3. The Morgan fingerprint density at radius 3 is 1.11 bits per heavy atom. The van der Waals surface area contributed by atoms with Gasteiger partial charge in [-0.25, -0.2) is 39.9 Å². The third kappa shape index (κ3) is 6.02. The van der Waals surface area contributed by atoms with E-state index >= 15 is 0 Å². The van der Waals surface area contributed by atoms with Gasteiger partial charge in [0.2, 0.25) is 17.7 Å². The summed E-state index contributed by atoms with van der Waals surface area (Å²) < 4.78 is 17.6. The first-order valence-corrected chi connectivity index (χ1v) is 14.9. The Morgan fingerprint density at radius 2 is 0.756 bits per heavy atom. The van der Waals surface area contributed by atoms with Crippen LogP contribution in [0.1, 0.15) is 58.6 Å². The fourth-order valence-electron chi connectivity index (χ4n) is 5.04. The van der Waals surface area contributed by atoms with Crippen molar-refractivity contribution in [3.63, 3.8) is 0 Å². The van der Waals surface area contributed by atoms with Gasteiger partial charge in [-0.15, -0.1) is 0 Å². The zero-order valence-corrected chi connectivity index (χ0v) is 26.2. The van der Waals surface area contributed by atoms with E-state index in [9.17, 15) is 0 Å². The largest absolute Gasteiger partial charge is 0.474 e. The highest BCUT2D eigenvalue weighted by atomic mass is 16.5. The SMILES string of the molecule is CC1(C)COC(c2cccc(-c3cc(-c4cccc(C5=NC(C)(C)CO5)n4)nc(-c4cccc(C5=NC(C)(C)CO5)n4)n3)n2)=N1. The van der Waals surface area contributed by atoms with Gasteiger partial charge >= 0.3 is 0 Å². The number of nitrogens with zero attached hydrogens (tertiary/aromatic N) is 8. The molecule has 228 valence electrons. The molecule has 0 radical (unpaired) electrons. The summed E-state index contributed by atoms with van der Waals surface area (Å²) in [6, 6.07) is 18.9. The molecule has 3 aliphatic rings.